The molecule has 1 aromatic rings. The molecule has 1 rings (SSSR count). The number of aromatic nitrogens is 4. The van der Waals surface area contributed by atoms with Gasteiger partial charge < -0.3 is 10.1 Å². The Balaban J connectivity index is 2.78. The van der Waals surface area contributed by atoms with E-state index in [9.17, 15) is 0 Å². The molecule has 0 bridgehead atoms. The van der Waals surface area contributed by atoms with Crippen LogP contribution in [0.25, 0.3) is 0 Å². The van der Waals surface area contributed by atoms with Crippen molar-refractivity contribution in [2.24, 2.45) is 0 Å². The van der Waals surface area contributed by atoms with E-state index in [0.717, 1.165) is 12.4 Å². The molecular weight excluding hydrogens is 206 g/mol. The molecule has 0 aromatic carbocycles. The maximum atomic E-state index is 5.37. The van der Waals surface area contributed by atoms with Crippen LogP contribution in [-0.2, 0) is 11.3 Å². The van der Waals surface area contributed by atoms with Gasteiger partial charge in [-0.05, 0) is 37.7 Å². The Labute approximate surface area is 96.4 Å². The highest BCUT2D eigenvalue weighted by molar-refractivity contribution is 4.90. The van der Waals surface area contributed by atoms with Crippen molar-refractivity contribution in [1.29, 1.82) is 0 Å². The summed E-state index contributed by atoms with van der Waals surface area (Å²) in [5.41, 5.74) is -0.268. The van der Waals surface area contributed by atoms with Gasteiger partial charge in [-0.2, -0.15) is 0 Å². The minimum atomic E-state index is -0.268. The van der Waals surface area contributed by atoms with Crippen molar-refractivity contribution in [2.45, 2.75) is 45.9 Å². The number of tetrazole rings is 1. The first kappa shape index (κ1) is 13.1. The summed E-state index contributed by atoms with van der Waals surface area (Å²) in [6, 6.07) is 0.146. The van der Waals surface area contributed by atoms with Crippen LogP contribution in [0.2, 0.25) is 0 Å². The fraction of sp³-hybridized carbons (Fsp3) is 0.900. The van der Waals surface area contributed by atoms with Crippen LogP contribution in [0.5, 0.6) is 0 Å². The summed E-state index contributed by atoms with van der Waals surface area (Å²) < 4.78 is 7.16. The fourth-order valence-electron chi connectivity index (χ4n) is 1.46. The monoisotopic (exact) mass is 227 g/mol. The first-order valence-corrected chi connectivity index (χ1v) is 5.54. The molecule has 92 valence electrons. The summed E-state index contributed by atoms with van der Waals surface area (Å²) in [7, 11) is 1.69. The Morgan fingerprint density at radius 3 is 2.75 bits per heavy atom. The molecule has 1 N–H and O–H groups in total. The van der Waals surface area contributed by atoms with E-state index in [2.05, 4.69) is 27.8 Å². The average Bonchev–Trinajstić information content (AvgIpc) is 2.65. The zero-order valence-electron chi connectivity index (χ0n) is 10.7. The molecule has 6 heteroatoms. The maximum Gasteiger partial charge on any atom is 0.168 e. The van der Waals surface area contributed by atoms with E-state index in [-0.39, 0.29) is 11.6 Å². The maximum absolute atomic E-state index is 5.37. The van der Waals surface area contributed by atoms with Crippen LogP contribution in [0.3, 0.4) is 0 Å². The molecular formula is C10H21N5O. The molecule has 0 aliphatic rings. The molecule has 0 saturated carbocycles. The number of methoxy groups -OCH3 is 1. The molecule has 1 atom stereocenters. The van der Waals surface area contributed by atoms with Crippen molar-refractivity contribution < 1.29 is 4.74 Å². The Hall–Kier alpha value is -1.01. The van der Waals surface area contributed by atoms with Crippen LogP contribution in [0, 0.1) is 0 Å². The van der Waals surface area contributed by atoms with Gasteiger partial charge in [0.1, 0.15) is 0 Å². The third kappa shape index (κ3) is 3.24. The van der Waals surface area contributed by atoms with Crippen molar-refractivity contribution in [3.63, 3.8) is 0 Å². The van der Waals surface area contributed by atoms with Gasteiger partial charge in [0.2, 0.25) is 0 Å². The third-order valence-electron chi connectivity index (χ3n) is 2.54. The van der Waals surface area contributed by atoms with E-state index < -0.39 is 0 Å². The van der Waals surface area contributed by atoms with Gasteiger partial charge in [-0.1, -0.05) is 6.92 Å². The van der Waals surface area contributed by atoms with Gasteiger partial charge in [0.05, 0.1) is 18.2 Å². The summed E-state index contributed by atoms with van der Waals surface area (Å²) in [5.74, 6) is 0.840. The highest BCUT2D eigenvalue weighted by atomic mass is 16.5. The number of hydrogen-bond donors (Lipinski definition) is 1. The van der Waals surface area contributed by atoms with Crippen LogP contribution in [0.15, 0.2) is 0 Å². The van der Waals surface area contributed by atoms with Crippen LogP contribution in [0.4, 0.5) is 0 Å². The minimum Gasteiger partial charge on any atom is -0.377 e. The molecule has 1 unspecified atom stereocenters. The summed E-state index contributed by atoms with van der Waals surface area (Å²) in [6.07, 6.45) is 0. The van der Waals surface area contributed by atoms with E-state index in [1.54, 1.807) is 11.8 Å². The summed E-state index contributed by atoms with van der Waals surface area (Å²) in [5, 5.41) is 15.0. The topological polar surface area (TPSA) is 64.9 Å². The van der Waals surface area contributed by atoms with E-state index in [1.165, 1.54) is 0 Å². The van der Waals surface area contributed by atoms with Crippen molar-refractivity contribution in [1.82, 2.24) is 25.5 Å². The largest absolute Gasteiger partial charge is 0.377 e. The van der Waals surface area contributed by atoms with Crippen molar-refractivity contribution in [3.05, 3.63) is 5.82 Å². The molecule has 0 spiro atoms. The predicted molar refractivity (Wildman–Crippen MR) is 61.0 cm³/mol. The fourth-order valence-corrected chi connectivity index (χ4v) is 1.46. The molecule has 16 heavy (non-hydrogen) atoms. The molecule has 1 aromatic heterocycles. The van der Waals surface area contributed by atoms with Gasteiger partial charge in [0.25, 0.3) is 0 Å². The Morgan fingerprint density at radius 2 is 2.19 bits per heavy atom. The normalized spacial score (nSPS) is 14.1. The second kappa shape index (κ2) is 5.36. The van der Waals surface area contributed by atoms with Crippen molar-refractivity contribution in [2.75, 3.05) is 13.7 Å². The smallest absolute Gasteiger partial charge is 0.168 e. The van der Waals surface area contributed by atoms with E-state index in [1.807, 2.05) is 20.8 Å². The molecule has 0 saturated heterocycles. The van der Waals surface area contributed by atoms with Crippen LogP contribution in [0.1, 0.15) is 39.6 Å². The molecule has 0 amide bonds. The van der Waals surface area contributed by atoms with Gasteiger partial charge in [-0.3, -0.25) is 0 Å². The number of hydrogen-bond acceptors (Lipinski definition) is 5. The number of rotatable bonds is 6. The predicted octanol–water partition coefficient (Wildman–Crippen LogP) is 0.769. The Morgan fingerprint density at radius 1 is 1.50 bits per heavy atom. The summed E-state index contributed by atoms with van der Waals surface area (Å²) in [4.78, 5) is 0. The second-order valence-electron chi connectivity index (χ2n) is 4.44. The Bertz CT molecular complexity index is 323. The van der Waals surface area contributed by atoms with Crippen molar-refractivity contribution in [3.8, 4) is 0 Å². The first-order chi connectivity index (χ1) is 7.50. The summed E-state index contributed by atoms with van der Waals surface area (Å²) in [6.45, 7) is 9.66. The number of nitrogens with one attached hydrogen (secondary N) is 1. The molecule has 0 aliphatic heterocycles. The van der Waals surface area contributed by atoms with Crippen LogP contribution < -0.4 is 5.32 Å². The number of nitrogens with zero attached hydrogens (tertiary/aromatic N) is 4. The van der Waals surface area contributed by atoms with Crippen molar-refractivity contribution >= 4 is 0 Å². The zero-order valence-corrected chi connectivity index (χ0v) is 10.7. The van der Waals surface area contributed by atoms with E-state index >= 15 is 0 Å². The lowest BCUT2D eigenvalue weighted by molar-refractivity contribution is 0.00401. The second-order valence-corrected chi connectivity index (χ2v) is 4.44. The molecule has 6 nitrogen and oxygen atoms in total. The lowest BCUT2D eigenvalue weighted by Gasteiger charge is -2.23. The standard InChI is InChI=1S/C10H21N5O/c1-6-11-8(2)9-12-13-14-15(9)7-10(3,4)16-5/h8,11H,6-7H2,1-5H3. The molecule has 0 aliphatic carbocycles. The number of ether oxygens (including phenoxy) is 1. The lowest BCUT2D eigenvalue weighted by atomic mass is 10.1. The highest BCUT2D eigenvalue weighted by Gasteiger charge is 2.22. The SMILES string of the molecule is CCNC(C)c1nnnn1CC(C)(C)OC. The highest BCUT2D eigenvalue weighted by Crippen LogP contribution is 2.14. The first-order valence-electron chi connectivity index (χ1n) is 5.54. The molecule has 0 fully saturated rings. The van der Waals surface area contributed by atoms with Gasteiger partial charge in [-0.25, -0.2) is 4.68 Å². The van der Waals surface area contributed by atoms with Crippen LogP contribution in [-0.4, -0.2) is 39.5 Å². The average molecular weight is 227 g/mol. The molecule has 0 radical (unpaired) electrons. The van der Waals surface area contributed by atoms with E-state index in [0.29, 0.717) is 6.54 Å². The van der Waals surface area contributed by atoms with Gasteiger partial charge in [0.15, 0.2) is 5.82 Å². The van der Waals surface area contributed by atoms with Gasteiger partial charge in [-0.15, -0.1) is 5.10 Å². The third-order valence-corrected chi connectivity index (χ3v) is 2.54. The quantitative estimate of drug-likeness (QED) is 0.777. The zero-order chi connectivity index (χ0) is 12.2. The molecule has 1 heterocycles. The Kier molecular flexibility index (Phi) is 4.37. The van der Waals surface area contributed by atoms with Gasteiger partial charge in [0, 0.05) is 7.11 Å². The van der Waals surface area contributed by atoms with Gasteiger partial charge >= 0.3 is 0 Å². The van der Waals surface area contributed by atoms with Crippen LogP contribution >= 0.6 is 0 Å². The summed E-state index contributed by atoms with van der Waals surface area (Å²) >= 11 is 0. The lowest BCUT2D eigenvalue weighted by Crippen LogP contribution is -2.32. The van der Waals surface area contributed by atoms with E-state index in [4.69, 9.17) is 4.74 Å². The minimum absolute atomic E-state index is 0.146.